The van der Waals surface area contributed by atoms with Crippen molar-refractivity contribution in [2.45, 2.75) is 32.1 Å². The molecule has 0 saturated carbocycles. The number of carbonyl (C=O) groups excluding carboxylic acids is 1. The molecule has 2 rings (SSSR count). The topological polar surface area (TPSA) is 20.3 Å². The van der Waals surface area contributed by atoms with Gasteiger partial charge in [0.05, 0.1) is 0 Å². The molecule has 1 amide bonds. The van der Waals surface area contributed by atoms with Crippen LogP contribution in [0.25, 0.3) is 0 Å². The Kier molecular flexibility index (Phi) is 4.57. The van der Waals surface area contributed by atoms with Gasteiger partial charge in [0.15, 0.2) is 0 Å². The van der Waals surface area contributed by atoms with Crippen molar-refractivity contribution < 1.29 is 4.79 Å². The first-order valence-corrected chi connectivity index (χ1v) is 6.78. The molecule has 0 spiro atoms. The molecule has 1 saturated heterocycles. The van der Waals surface area contributed by atoms with Crippen LogP contribution in [0.15, 0.2) is 42.5 Å². The van der Waals surface area contributed by atoms with Crippen LogP contribution in [-0.2, 0) is 4.79 Å². The third-order valence-electron chi connectivity index (χ3n) is 3.56. The second kappa shape index (κ2) is 6.39. The van der Waals surface area contributed by atoms with E-state index in [-0.39, 0.29) is 5.91 Å². The lowest BCUT2D eigenvalue weighted by molar-refractivity contribution is -0.126. The zero-order valence-corrected chi connectivity index (χ0v) is 11.0. The van der Waals surface area contributed by atoms with E-state index in [0.29, 0.717) is 5.92 Å². The van der Waals surface area contributed by atoms with E-state index in [1.54, 1.807) is 6.08 Å². The summed E-state index contributed by atoms with van der Waals surface area (Å²) in [5.74, 6) is 0.642. The van der Waals surface area contributed by atoms with E-state index in [1.807, 2.05) is 24.0 Å². The Morgan fingerprint density at radius 1 is 1.28 bits per heavy atom. The van der Waals surface area contributed by atoms with E-state index in [2.05, 4.69) is 24.3 Å². The first kappa shape index (κ1) is 12.9. The van der Waals surface area contributed by atoms with Gasteiger partial charge in [0.1, 0.15) is 0 Å². The number of amides is 1. The maximum atomic E-state index is 12.0. The molecule has 0 bridgehead atoms. The van der Waals surface area contributed by atoms with Crippen LogP contribution in [-0.4, -0.2) is 23.9 Å². The normalized spacial score (nSPS) is 20.9. The predicted octanol–water partition coefficient (Wildman–Crippen LogP) is 3.36. The van der Waals surface area contributed by atoms with E-state index in [0.717, 1.165) is 19.5 Å². The van der Waals surface area contributed by atoms with Gasteiger partial charge in [-0.15, -0.1) is 0 Å². The standard InChI is InChI=1S/C16H21NO/c1-2-8-16(18)17-12-7-6-11-15(13-17)14-9-4-3-5-10-14/h2-5,8-10,15H,6-7,11-13H2,1H3/b8-2+/t15-/m0/s1. The third-order valence-corrected chi connectivity index (χ3v) is 3.56. The maximum absolute atomic E-state index is 12.0. The van der Waals surface area contributed by atoms with E-state index < -0.39 is 0 Å². The van der Waals surface area contributed by atoms with Crippen LogP contribution >= 0.6 is 0 Å². The molecule has 0 radical (unpaired) electrons. The van der Waals surface area contributed by atoms with Crippen molar-refractivity contribution in [1.29, 1.82) is 0 Å². The van der Waals surface area contributed by atoms with Gasteiger partial charge in [0.25, 0.3) is 0 Å². The Morgan fingerprint density at radius 2 is 2.06 bits per heavy atom. The molecule has 1 aromatic rings. The van der Waals surface area contributed by atoms with Crippen molar-refractivity contribution in [1.82, 2.24) is 4.90 Å². The zero-order chi connectivity index (χ0) is 12.8. The molecule has 2 heteroatoms. The average molecular weight is 243 g/mol. The molecule has 1 atom stereocenters. The van der Waals surface area contributed by atoms with Crippen LogP contribution in [0.3, 0.4) is 0 Å². The Balaban J connectivity index is 2.10. The number of allylic oxidation sites excluding steroid dienone is 1. The lowest BCUT2D eigenvalue weighted by atomic mass is 9.94. The highest BCUT2D eigenvalue weighted by atomic mass is 16.2. The molecule has 1 aromatic carbocycles. The van der Waals surface area contributed by atoms with Gasteiger partial charge in [-0.2, -0.15) is 0 Å². The molecule has 1 heterocycles. The highest BCUT2D eigenvalue weighted by molar-refractivity contribution is 5.87. The number of benzene rings is 1. The van der Waals surface area contributed by atoms with Crippen LogP contribution < -0.4 is 0 Å². The fourth-order valence-electron chi connectivity index (χ4n) is 2.59. The third kappa shape index (κ3) is 3.22. The summed E-state index contributed by atoms with van der Waals surface area (Å²) in [5, 5.41) is 0. The number of hydrogen-bond donors (Lipinski definition) is 0. The number of nitrogens with zero attached hydrogens (tertiary/aromatic N) is 1. The summed E-state index contributed by atoms with van der Waals surface area (Å²) in [6, 6.07) is 10.6. The van der Waals surface area contributed by atoms with Crippen LogP contribution in [0.2, 0.25) is 0 Å². The molecule has 0 N–H and O–H groups in total. The summed E-state index contributed by atoms with van der Waals surface area (Å²) in [4.78, 5) is 14.0. The number of carbonyl (C=O) groups is 1. The zero-order valence-electron chi connectivity index (χ0n) is 11.0. The minimum absolute atomic E-state index is 0.153. The SMILES string of the molecule is C/C=C/C(=O)N1CCCC[C@H](c2ccccc2)C1. The lowest BCUT2D eigenvalue weighted by Gasteiger charge is -2.23. The van der Waals surface area contributed by atoms with Gasteiger partial charge < -0.3 is 4.90 Å². The van der Waals surface area contributed by atoms with Gasteiger partial charge in [0.2, 0.25) is 5.91 Å². The van der Waals surface area contributed by atoms with E-state index >= 15 is 0 Å². The van der Waals surface area contributed by atoms with Gasteiger partial charge in [-0.3, -0.25) is 4.79 Å². The summed E-state index contributed by atoms with van der Waals surface area (Å²) in [7, 11) is 0. The van der Waals surface area contributed by atoms with Crippen molar-refractivity contribution in [3.05, 3.63) is 48.0 Å². The minimum Gasteiger partial charge on any atom is -0.339 e. The van der Waals surface area contributed by atoms with Gasteiger partial charge in [0, 0.05) is 19.0 Å². The summed E-state index contributed by atoms with van der Waals surface area (Å²) in [5.41, 5.74) is 1.36. The quantitative estimate of drug-likeness (QED) is 0.729. The molecule has 0 aromatic heterocycles. The Bertz CT molecular complexity index is 410. The Morgan fingerprint density at radius 3 is 2.78 bits per heavy atom. The van der Waals surface area contributed by atoms with Crippen molar-refractivity contribution in [2.24, 2.45) is 0 Å². The average Bonchev–Trinajstić information content (AvgIpc) is 2.66. The summed E-state index contributed by atoms with van der Waals surface area (Å²) < 4.78 is 0. The van der Waals surface area contributed by atoms with Crippen LogP contribution in [0.5, 0.6) is 0 Å². The monoisotopic (exact) mass is 243 g/mol. The van der Waals surface area contributed by atoms with E-state index in [4.69, 9.17) is 0 Å². The summed E-state index contributed by atoms with van der Waals surface area (Å²) in [6.45, 7) is 3.64. The van der Waals surface area contributed by atoms with Crippen molar-refractivity contribution in [3.8, 4) is 0 Å². The fraction of sp³-hybridized carbons (Fsp3) is 0.438. The molecule has 18 heavy (non-hydrogen) atoms. The maximum Gasteiger partial charge on any atom is 0.246 e. The Labute approximate surface area is 109 Å². The molecule has 0 aliphatic carbocycles. The molecule has 96 valence electrons. The first-order chi connectivity index (χ1) is 8.81. The van der Waals surface area contributed by atoms with Gasteiger partial charge >= 0.3 is 0 Å². The van der Waals surface area contributed by atoms with Crippen molar-refractivity contribution in [3.63, 3.8) is 0 Å². The van der Waals surface area contributed by atoms with Crippen molar-refractivity contribution in [2.75, 3.05) is 13.1 Å². The second-order valence-electron chi connectivity index (χ2n) is 4.89. The van der Waals surface area contributed by atoms with Crippen LogP contribution in [0, 0.1) is 0 Å². The number of likely N-dealkylation sites (tertiary alicyclic amines) is 1. The van der Waals surface area contributed by atoms with Crippen LogP contribution in [0.4, 0.5) is 0 Å². The molecule has 1 fully saturated rings. The van der Waals surface area contributed by atoms with E-state index in [9.17, 15) is 4.79 Å². The summed E-state index contributed by atoms with van der Waals surface area (Å²) >= 11 is 0. The summed E-state index contributed by atoms with van der Waals surface area (Å²) in [6.07, 6.45) is 7.01. The van der Waals surface area contributed by atoms with Crippen molar-refractivity contribution >= 4 is 5.91 Å². The second-order valence-corrected chi connectivity index (χ2v) is 4.89. The number of rotatable bonds is 2. The van der Waals surface area contributed by atoms with Gasteiger partial charge in [-0.25, -0.2) is 0 Å². The molecule has 0 unspecified atom stereocenters. The molecular weight excluding hydrogens is 222 g/mol. The molecule has 2 nitrogen and oxygen atoms in total. The fourth-order valence-corrected chi connectivity index (χ4v) is 2.59. The largest absolute Gasteiger partial charge is 0.339 e. The number of hydrogen-bond acceptors (Lipinski definition) is 1. The highest BCUT2D eigenvalue weighted by Gasteiger charge is 2.21. The molecule has 1 aliphatic rings. The molecule has 1 aliphatic heterocycles. The van der Waals surface area contributed by atoms with Crippen LogP contribution in [0.1, 0.15) is 37.7 Å². The lowest BCUT2D eigenvalue weighted by Crippen LogP contribution is -2.32. The Hall–Kier alpha value is -1.57. The van der Waals surface area contributed by atoms with E-state index in [1.165, 1.54) is 18.4 Å². The van der Waals surface area contributed by atoms with Gasteiger partial charge in [-0.1, -0.05) is 42.8 Å². The van der Waals surface area contributed by atoms with Gasteiger partial charge in [-0.05, 0) is 31.4 Å². The highest BCUT2D eigenvalue weighted by Crippen LogP contribution is 2.26. The minimum atomic E-state index is 0.153. The first-order valence-electron chi connectivity index (χ1n) is 6.78. The molecular formula is C16H21NO. The smallest absolute Gasteiger partial charge is 0.246 e. The predicted molar refractivity (Wildman–Crippen MR) is 74.4 cm³/mol.